The van der Waals surface area contributed by atoms with Crippen LogP contribution in [0.3, 0.4) is 0 Å². The second kappa shape index (κ2) is 6.78. The van der Waals surface area contributed by atoms with Crippen LogP contribution in [0, 0.1) is 17.8 Å². The van der Waals surface area contributed by atoms with Gasteiger partial charge in [0.05, 0.1) is 5.01 Å². The summed E-state index contributed by atoms with van der Waals surface area (Å²) in [6.45, 7) is 14.8. The van der Waals surface area contributed by atoms with Gasteiger partial charge in [0, 0.05) is 29.1 Å². The van der Waals surface area contributed by atoms with E-state index in [4.69, 9.17) is 0 Å². The molecule has 1 aliphatic carbocycles. The van der Waals surface area contributed by atoms with E-state index in [1.807, 2.05) is 11.3 Å². The van der Waals surface area contributed by atoms with E-state index in [-0.39, 0.29) is 5.41 Å². The number of nitrogens with zero attached hydrogens (tertiary/aromatic N) is 1. The Balaban J connectivity index is 1.95. The van der Waals surface area contributed by atoms with E-state index in [2.05, 4.69) is 58.0 Å². The van der Waals surface area contributed by atoms with Gasteiger partial charge in [-0.1, -0.05) is 48.0 Å². The average Bonchev–Trinajstić information content (AvgIpc) is 2.84. The van der Waals surface area contributed by atoms with Gasteiger partial charge in [-0.2, -0.15) is 0 Å². The molecule has 1 fully saturated rings. The predicted molar refractivity (Wildman–Crippen MR) is 92.8 cm³/mol. The maximum absolute atomic E-state index is 4.60. The normalized spacial score (nSPS) is 27.3. The molecule has 1 aliphatic rings. The molecule has 0 spiro atoms. The number of nitrogens with one attached hydrogen (secondary N) is 1. The van der Waals surface area contributed by atoms with Crippen LogP contribution < -0.4 is 5.32 Å². The molecule has 1 saturated carbocycles. The van der Waals surface area contributed by atoms with Crippen molar-refractivity contribution in [1.29, 1.82) is 0 Å². The fourth-order valence-corrected chi connectivity index (χ4v) is 4.33. The van der Waals surface area contributed by atoms with E-state index in [1.54, 1.807) is 0 Å². The van der Waals surface area contributed by atoms with Gasteiger partial charge >= 0.3 is 0 Å². The summed E-state index contributed by atoms with van der Waals surface area (Å²) in [6, 6.07) is 0.675. The molecule has 1 heterocycles. The second-order valence-corrected chi connectivity index (χ2v) is 9.31. The lowest BCUT2D eigenvalue weighted by Gasteiger charge is -2.38. The van der Waals surface area contributed by atoms with Crippen LogP contribution in [-0.2, 0) is 12.0 Å². The van der Waals surface area contributed by atoms with E-state index >= 15 is 0 Å². The van der Waals surface area contributed by atoms with Crippen molar-refractivity contribution in [1.82, 2.24) is 10.3 Å². The summed E-state index contributed by atoms with van der Waals surface area (Å²) in [7, 11) is 0. The van der Waals surface area contributed by atoms with Crippen molar-refractivity contribution in [2.75, 3.05) is 0 Å². The minimum atomic E-state index is 0.169. The Hall–Kier alpha value is -0.410. The molecule has 21 heavy (non-hydrogen) atoms. The number of thiazole rings is 1. The monoisotopic (exact) mass is 308 g/mol. The van der Waals surface area contributed by atoms with E-state index in [9.17, 15) is 0 Å². The summed E-state index contributed by atoms with van der Waals surface area (Å²) in [6.07, 6.45) is 6.17. The summed E-state index contributed by atoms with van der Waals surface area (Å²) in [5, 5.41) is 5.08. The Morgan fingerprint density at radius 2 is 2.05 bits per heavy atom. The topological polar surface area (TPSA) is 24.9 Å². The molecule has 3 atom stereocenters. The van der Waals surface area contributed by atoms with Gasteiger partial charge in [0.25, 0.3) is 0 Å². The zero-order chi connectivity index (χ0) is 15.6. The molecule has 1 aromatic heterocycles. The zero-order valence-corrected chi connectivity index (χ0v) is 15.4. The van der Waals surface area contributed by atoms with Crippen molar-refractivity contribution >= 4 is 11.3 Å². The fourth-order valence-electron chi connectivity index (χ4n) is 3.40. The van der Waals surface area contributed by atoms with Crippen molar-refractivity contribution in [3.05, 3.63) is 16.1 Å². The molecule has 120 valence electrons. The molecule has 1 N–H and O–H groups in total. The van der Waals surface area contributed by atoms with Crippen molar-refractivity contribution in [3.63, 3.8) is 0 Å². The van der Waals surface area contributed by atoms with E-state index in [0.29, 0.717) is 6.04 Å². The first-order valence-electron chi connectivity index (χ1n) is 8.46. The third-order valence-corrected chi connectivity index (χ3v) is 6.18. The van der Waals surface area contributed by atoms with Gasteiger partial charge in [-0.05, 0) is 30.6 Å². The number of hydrogen-bond acceptors (Lipinski definition) is 3. The van der Waals surface area contributed by atoms with Gasteiger partial charge in [0.2, 0.25) is 0 Å². The molecular weight excluding hydrogens is 276 g/mol. The first-order chi connectivity index (χ1) is 9.77. The minimum absolute atomic E-state index is 0.169. The molecule has 0 amide bonds. The quantitative estimate of drug-likeness (QED) is 0.847. The van der Waals surface area contributed by atoms with E-state index < -0.39 is 0 Å². The molecule has 1 aromatic rings. The zero-order valence-electron chi connectivity index (χ0n) is 14.6. The van der Waals surface area contributed by atoms with Crippen molar-refractivity contribution in [2.24, 2.45) is 17.8 Å². The molecule has 0 radical (unpaired) electrons. The van der Waals surface area contributed by atoms with Crippen molar-refractivity contribution in [2.45, 2.75) is 78.8 Å². The Kier molecular flexibility index (Phi) is 5.48. The van der Waals surface area contributed by atoms with Crippen LogP contribution >= 0.6 is 11.3 Å². The van der Waals surface area contributed by atoms with E-state index in [0.717, 1.165) is 24.3 Å². The Morgan fingerprint density at radius 1 is 1.33 bits per heavy atom. The van der Waals surface area contributed by atoms with Crippen molar-refractivity contribution in [3.8, 4) is 0 Å². The van der Waals surface area contributed by atoms with Crippen LogP contribution in [0.2, 0.25) is 0 Å². The molecule has 2 rings (SSSR count). The van der Waals surface area contributed by atoms with Gasteiger partial charge in [0.1, 0.15) is 0 Å². The standard InChI is InChI=1S/C18H32N2S/c1-12(2)15-8-7-13(3)9-16(15)19-10-14-11-20-17(21-14)18(4,5)6/h11-13,15-16,19H,7-10H2,1-6H3. The van der Waals surface area contributed by atoms with Gasteiger partial charge in [0.15, 0.2) is 0 Å². The summed E-state index contributed by atoms with van der Waals surface area (Å²) in [4.78, 5) is 5.97. The van der Waals surface area contributed by atoms with Gasteiger partial charge < -0.3 is 5.32 Å². The fraction of sp³-hybridized carbons (Fsp3) is 0.833. The highest BCUT2D eigenvalue weighted by Gasteiger charge is 2.30. The molecular formula is C18H32N2S. The molecule has 0 aliphatic heterocycles. The SMILES string of the molecule is CC1CCC(C(C)C)C(NCc2cnc(C(C)(C)C)s2)C1. The highest BCUT2D eigenvalue weighted by Crippen LogP contribution is 2.34. The third-order valence-electron chi connectivity index (χ3n) is 4.76. The summed E-state index contributed by atoms with van der Waals surface area (Å²) in [5.41, 5.74) is 0.169. The molecule has 2 nitrogen and oxygen atoms in total. The van der Waals surface area contributed by atoms with Crippen molar-refractivity contribution < 1.29 is 0 Å². The minimum Gasteiger partial charge on any atom is -0.309 e. The van der Waals surface area contributed by atoms with Gasteiger partial charge in [-0.3, -0.25) is 0 Å². The largest absolute Gasteiger partial charge is 0.309 e. The lowest BCUT2D eigenvalue weighted by atomic mass is 9.74. The highest BCUT2D eigenvalue weighted by atomic mass is 32.1. The predicted octanol–water partition coefficient (Wildman–Crippen LogP) is 4.99. The summed E-state index contributed by atoms with van der Waals surface area (Å²) < 4.78 is 0. The Morgan fingerprint density at radius 3 is 2.62 bits per heavy atom. The maximum atomic E-state index is 4.60. The highest BCUT2D eigenvalue weighted by molar-refractivity contribution is 7.11. The first kappa shape index (κ1) is 17.0. The molecule has 3 unspecified atom stereocenters. The lowest BCUT2D eigenvalue weighted by Crippen LogP contribution is -2.42. The molecule has 0 bridgehead atoms. The average molecular weight is 309 g/mol. The second-order valence-electron chi connectivity index (χ2n) is 8.20. The first-order valence-corrected chi connectivity index (χ1v) is 9.27. The molecule has 3 heteroatoms. The maximum Gasteiger partial charge on any atom is 0.0981 e. The van der Waals surface area contributed by atoms with Crippen LogP contribution in [0.4, 0.5) is 0 Å². The van der Waals surface area contributed by atoms with Crippen LogP contribution in [0.5, 0.6) is 0 Å². The van der Waals surface area contributed by atoms with Crippen LogP contribution in [0.25, 0.3) is 0 Å². The van der Waals surface area contributed by atoms with Gasteiger partial charge in [-0.25, -0.2) is 4.98 Å². The molecule has 0 saturated heterocycles. The number of hydrogen-bond donors (Lipinski definition) is 1. The number of rotatable bonds is 4. The Labute approximate surface area is 134 Å². The van der Waals surface area contributed by atoms with Crippen LogP contribution in [-0.4, -0.2) is 11.0 Å². The summed E-state index contributed by atoms with van der Waals surface area (Å²) in [5.74, 6) is 2.47. The molecule has 0 aromatic carbocycles. The van der Waals surface area contributed by atoms with E-state index in [1.165, 1.54) is 29.1 Å². The lowest BCUT2D eigenvalue weighted by molar-refractivity contribution is 0.169. The summed E-state index contributed by atoms with van der Waals surface area (Å²) >= 11 is 1.87. The number of aromatic nitrogens is 1. The smallest absolute Gasteiger partial charge is 0.0981 e. The van der Waals surface area contributed by atoms with Crippen LogP contribution in [0.1, 0.15) is 70.7 Å². The third kappa shape index (κ3) is 4.53. The Bertz CT molecular complexity index is 444. The van der Waals surface area contributed by atoms with Gasteiger partial charge in [-0.15, -0.1) is 11.3 Å². The van der Waals surface area contributed by atoms with Crippen LogP contribution in [0.15, 0.2) is 6.20 Å².